The van der Waals surface area contributed by atoms with Crippen molar-refractivity contribution in [3.8, 4) is 0 Å². The van der Waals surface area contributed by atoms with Gasteiger partial charge in [-0.05, 0) is 26.4 Å². The highest BCUT2D eigenvalue weighted by atomic mass is 15.3. The maximum Gasteiger partial charge on any atom is 0.0455 e. The van der Waals surface area contributed by atoms with Gasteiger partial charge in [-0.2, -0.15) is 0 Å². The molecule has 2 heterocycles. The number of rotatable bonds is 0. The molecule has 2 aliphatic heterocycles. The number of nitrogens with zero attached hydrogens (tertiary/aromatic N) is 1. The molecule has 0 radical (unpaired) electrons. The van der Waals surface area contributed by atoms with Crippen molar-refractivity contribution in [1.29, 1.82) is 0 Å². The number of hydrogen-bond acceptors (Lipinski definition) is 2. The summed E-state index contributed by atoms with van der Waals surface area (Å²) in [5, 5.41) is 3.61. The summed E-state index contributed by atoms with van der Waals surface area (Å²) >= 11 is 0. The normalized spacial score (nSPS) is 25.8. The second kappa shape index (κ2) is 32.1. The molecule has 1 N–H and O–H groups in total. The first-order valence-corrected chi connectivity index (χ1v) is 22.3. The summed E-state index contributed by atoms with van der Waals surface area (Å²) in [7, 11) is 2.42. The van der Waals surface area contributed by atoms with Gasteiger partial charge in [-0.1, -0.05) is 238 Å². The molecule has 0 aromatic heterocycles. The van der Waals surface area contributed by atoms with Gasteiger partial charge in [-0.3, -0.25) is 4.90 Å². The Morgan fingerprint density at radius 2 is 0.478 bits per heavy atom. The molecule has 0 aliphatic carbocycles. The third-order valence-corrected chi connectivity index (χ3v) is 12.1. The van der Waals surface area contributed by atoms with Gasteiger partial charge in [0.05, 0.1) is 0 Å². The van der Waals surface area contributed by atoms with E-state index < -0.39 is 0 Å². The van der Waals surface area contributed by atoms with E-state index in [0.29, 0.717) is 5.54 Å². The smallest absolute Gasteiger partial charge is 0.0455 e. The van der Waals surface area contributed by atoms with E-state index >= 15 is 0 Å². The molecule has 2 aliphatic rings. The highest BCUT2D eigenvalue weighted by Gasteiger charge is 2.39. The van der Waals surface area contributed by atoms with Crippen LogP contribution in [0.25, 0.3) is 0 Å². The van der Waals surface area contributed by atoms with Gasteiger partial charge < -0.3 is 5.32 Å². The third kappa shape index (κ3) is 24.1. The van der Waals surface area contributed by atoms with Crippen molar-refractivity contribution in [1.82, 2.24) is 10.2 Å². The summed E-state index contributed by atoms with van der Waals surface area (Å²) in [6, 6.07) is 0. The number of nitrogens with one attached hydrogen (secondary N) is 1. The summed E-state index contributed by atoms with van der Waals surface area (Å²) in [6.07, 6.45) is 57.7. The van der Waals surface area contributed by atoms with Crippen LogP contribution in [-0.4, -0.2) is 37.1 Å². The lowest BCUT2D eigenvalue weighted by Crippen LogP contribution is -2.67. The number of hydrogen-bond donors (Lipinski definition) is 1. The lowest BCUT2D eigenvalue weighted by atomic mass is 9.84. The average molecular weight is 645 g/mol. The van der Waals surface area contributed by atoms with Crippen LogP contribution in [0.4, 0.5) is 0 Å². The van der Waals surface area contributed by atoms with E-state index in [4.69, 9.17) is 0 Å². The van der Waals surface area contributed by atoms with Crippen molar-refractivity contribution in [3.63, 3.8) is 0 Å². The van der Waals surface area contributed by atoms with Crippen LogP contribution in [0.15, 0.2) is 0 Å². The zero-order valence-corrected chi connectivity index (χ0v) is 32.1. The molecule has 0 atom stereocenters. The molecule has 274 valence electrons. The van der Waals surface area contributed by atoms with Crippen molar-refractivity contribution < 1.29 is 0 Å². The van der Waals surface area contributed by atoms with E-state index in [1.807, 2.05) is 0 Å². The molecule has 0 bridgehead atoms. The van der Waals surface area contributed by atoms with Crippen molar-refractivity contribution >= 4 is 0 Å². The summed E-state index contributed by atoms with van der Waals surface area (Å²) in [5.74, 6) is 0. The van der Waals surface area contributed by atoms with Gasteiger partial charge in [0.25, 0.3) is 0 Å². The molecule has 2 fully saturated rings. The predicted molar refractivity (Wildman–Crippen MR) is 208 cm³/mol. The molecule has 1 spiro atoms. The minimum absolute atomic E-state index is 0.478. The van der Waals surface area contributed by atoms with Gasteiger partial charge in [-0.15, -0.1) is 0 Å². The van der Waals surface area contributed by atoms with Crippen LogP contribution in [0.3, 0.4) is 0 Å². The van der Waals surface area contributed by atoms with Crippen molar-refractivity contribution in [3.05, 3.63) is 0 Å². The molecule has 0 aromatic carbocycles. The lowest BCUT2D eigenvalue weighted by molar-refractivity contribution is 0.0485. The van der Waals surface area contributed by atoms with Crippen LogP contribution in [0, 0.1) is 0 Å². The first-order chi connectivity index (χ1) is 22.8. The van der Waals surface area contributed by atoms with E-state index in [1.54, 1.807) is 0 Å². The zero-order valence-electron chi connectivity index (χ0n) is 32.1. The van der Waals surface area contributed by atoms with E-state index in [9.17, 15) is 0 Å². The fraction of sp³-hybridized carbons (Fsp3) is 1.00. The Morgan fingerprint density at radius 3 is 0.674 bits per heavy atom. The molecule has 2 rings (SSSR count). The molecular formula is C44H88N2. The minimum Gasteiger partial charge on any atom is -0.313 e. The second-order valence-corrected chi connectivity index (χ2v) is 16.4. The SMILES string of the molecule is CN1CCCCCCCCCCCCCCCCCCCCCCCCCCCCCCCCCCCCCCCCC12CNC2. The summed E-state index contributed by atoms with van der Waals surface area (Å²) in [4.78, 5) is 2.74. The largest absolute Gasteiger partial charge is 0.313 e. The molecule has 2 heteroatoms. The lowest BCUT2D eigenvalue weighted by Gasteiger charge is -2.50. The van der Waals surface area contributed by atoms with E-state index in [-0.39, 0.29) is 0 Å². The van der Waals surface area contributed by atoms with Crippen LogP contribution in [0.5, 0.6) is 0 Å². The molecule has 0 saturated carbocycles. The van der Waals surface area contributed by atoms with Gasteiger partial charge in [0, 0.05) is 18.6 Å². The molecular weight excluding hydrogens is 556 g/mol. The van der Waals surface area contributed by atoms with Gasteiger partial charge in [0.1, 0.15) is 0 Å². The van der Waals surface area contributed by atoms with Crippen LogP contribution >= 0.6 is 0 Å². The van der Waals surface area contributed by atoms with E-state index in [1.165, 1.54) is 270 Å². The molecule has 0 amide bonds. The van der Waals surface area contributed by atoms with E-state index in [2.05, 4.69) is 17.3 Å². The summed E-state index contributed by atoms with van der Waals surface area (Å²) in [5.41, 5.74) is 0.478. The Labute approximate surface area is 292 Å². The topological polar surface area (TPSA) is 15.3 Å². The minimum atomic E-state index is 0.478. The average Bonchev–Trinajstić information content (AvgIpc) is 3.04. The molecule has 46 heavy (non-hydrogen) atoms. The highest BCUT2D eigenvalue weighted by Crippen LogP contribution is 2.27. The zero-order chi connectivity index (χ0) is 32.5. The fourth-order valence-corrected chi connectivity index (χ4v) is 8.46. The Hall–Kier alpha value is -0.0800. The Morgan fingerprint density at radius 1 is 0.283 bits per heavy atom. The summed E-state index contributed by atoms with van der Waals surface area (Å²) < 4.78 is 0. The Balaban J connectivity index is 1.51. The second-order valence-electron chi connectivity index (χ2n) is 16.4. The maximum absolute atomic E-state index is 3.61. The standard InChI is InChI=1S/C44H88N2/c1-46-41-39-37-35-33-31-29-27-25-23-21-19-17-15-13-11-9-7-5-3-2-4-6-8-10-12-14-16-18-20-22-24-26-28-30-32-34-36-38-40-44(46)42-45-43-44/h45H,2-43H2,1H3. The van der Waals surface area contributed by atoms with E-state index in [0.717, 1.165) is 0 Å². The summed E-state index contributed by atoms with van der Waals surface area (Å²) in [6.45, 7) is 3.76. The Bertz CT molecular complexity index is 599. The first-order valence-electron chi connectivity index (χ1n) is 22.3. The molecule has 2 nitrogen and oxygen atoms in total. The molecule has 0 aromatic rings. The van der Waals surface area contributed by atoms with Crippen LogP contribution in [0.1, 0.15) is 250 Å². The van der Waals surface area contributed by atoms with Crippen molar-refractivity contribution in [2.45, 2.75) is 256 Å². The van der Waals surface area contributed by atoms with Crippen molar-refractivity contribution in [2.24, 2.45) is 0 Å². The maximum atomic E-state index is 3.61. The Kier molecular flexibility index (Phi) is 29.4. The quantitative estimate of drug-likeness (QED) is 0.282. The molecule has 0 unspecified atom stereocenters. The number of likely N-dealkylation sites (N-methyl/N-ethyl adjacent to an activating group) is 1. The highest BCUT2D eigenvalue weighted by molar-refractivity contribution is 5.01. The van der Waals surface area contributed by atoms with Gasteiger partial charge in [0.2, 0.25) is 0 Å². The van der Waals surface area contributed by atoms with Gasteiger partial charge >= 0.3 is 0 Å². The monoisotopic (exact) mass is 645 g/mol. The van der Waals surface area contributed by atoms with Gasteiger partial charge in [-0.25, -0.2) is 0 Å². The van der Waals surface area contributed by atoms with Crippen LogP contribution in [0.2, 0.25) is 0 Å². The van der Waals surface area contributed by atoms with Crippen LogP contribution in [-0.2, 0) is 0 Å². The predicted octanol–water partition coefficient (Wildman–Crippen LogP) is 14.5. The van der Waals surface area contributed by atoms with Crippen molar-refractivity contribution in [2.75, 3.05) is 26.7 Å². The van der Waals surface area contributed by atoms with Gasteiger partial charge in [0.15, 0.2) is 0 Å². The fourth-order valence-electron chi connectivity index (χ4n) is 8.46. The van der Waals surface area contributed by atoms with Crippen LogP contribution < -0.4 is 5.32 Å². The molecule has 2 saturated heterocycles. The third-order valence-electron chi connectivity index (χ3n) is 12.1. The first kappa shape index (κ1) is 42.1.